The summed E-state index contributed by atoms with van der Waals surface area (Å²) in [6.07, 6.45) is 8.72. The third kappa shape index (κ3) is 6.74. The molecule has 4 aromatic rings. The van der Waals surface area contributed by atoms with Crippen molar-refractivity contribution in [3.8, 4) is 29.4 Å². The van der Waals surface area contributed by atoms with Crippen molar-refractivity contribution in [2.24, 2.45) is 11.8 Å². The molecular formula is C46H28N2O7. The van der Waals surface area contributed by atoms with Gasteiger partial charge in [0.05, 0.1) is 28.7 Å². The summed E-state index contributed by atoms with van der Waals surface area (Å²) in [4.78, 5) is 81.2. The Morgan fingerprint density at radius 2 is 1.27 bits per heavy atom. The number of ether oxygens (including phenoxy) is 1. The van der Waals surface area contributed by atoms with E-state index in [1.54, 1.807) is 72.8 Å². The number of amides is 4. The monoisotopic (exact) mass is 720 g/mol. The van der Waals surface area contributed by atoms with Crippen LogP contribution in [0.3, 0.4) is 0 Å². The van der Waals surface area contributed by atoms with Gasteiger partial charge in [-0.2, -0.15) is 0 Å². The van der Waals surface area contributed by atoms with Gasteiger partial charge in [0.2, 0.25) is 23.4 Å². The van der Waals surface area contributed by atoms with Crippen molar-refractivity contribution in [3.63, 3.8) is 0 Å². The number of benzene rings is 4. The van der Waals surface area contributed by atoms with Gasteiger partial charge in [-0.25, -0.2) is 9.80 Å². The van der Waals surface area contributed by atoms with Crippen LogP contribution in [0.15, 0.2) is 151 Å². The van der Waals surface area contributed by atoms with E-state index in [0.29, 0.717) is 46.9 Å². The summed E-state index contributed by atoms with van der Waals surface area (Å²) in [6.45, 7) is 0. The summed E-state index contributed by atoms with van der Waals surface area (Å²) in [5.74, 6) is 7.65. The first-order valence-corrected chi connectivity index (χ1v) is 17.5. The van der Waals surface area contributed by atoms with Crippen LogP contribution < -0.4 is 9.64 Å². The molecule has 8 rings (SSSR count). The number of anilines is 1. The maximum absolute atomic E-state index is 13.4. The molecule has 0 radical (unpaired) electrons. The number of fused-ring (bicyclic) bond motifs is 2. The smallest absolute Gasteiger partial charge is 0.265 e. The van der Waals surface area contributed by atoms with Gasteiger partial charge in [-0.15, -0.1) is 0 Å². The van der Waals surface area contributed by atoms with Crippen molar-refractivity contribution in [1.29, 1.82) is 0 Å². The summed E-state index contributed by atoms with van der Waals surface area (Å²) in [7, 11) is 0. The van der Waals surface area contributed by atoms with E-state index < -0.39 is 47.0 Å². The molecule has 9 heteroatoms. The number of hydrogen-bond donors (Lipinski definition) is 0. The molecule has 2 unspecified atom stereocenters. The van der Waals surface area contributed by atoms with Gasteiger partial charge in [0.1, 0.15) is 11.5 Å². The third-order valence-electron chi connectivity index (χ3n) is 9.56. The molecule has 0 saturated carbocycles. The first kappa shape index (κ1) is 34.5. The predicted molar refractivity (Wildman–Crippen MR) is 202 cm³/mol. The van der Waals surface area contributed by atoms with Crippen LogP contribution in [-0.4, -0.2) is 40.1 Å². The predicted octanol–water partition coefficient (Wildman–Crippen LogP) is 6.38. The molecule has 4 aromatic carbocycles. The average molecular weight is 721 g/mol. The zero-order chi connectivity index (χ0) is 38.1. The lowest BCUT2D eigenvalue weighted by molar-refractivity contribution is -0.122. The number of rotatable bonds is 6. The Labute approximate surface area is 315 Å². The topological polar surface area (TPSA) is 118 Å². The number of carbonyl (C=O) groups is 6. The molecule has 264 valence electrons. The first-order chi connectivity index (χ1) is 26.7. The number of imide groups is 2. The number of Topliss-reactive ketones (excluding diaryl/α,β-unsaturated/α-hetero) is 2. The minimum atomic E-state index is -0.815. The Morgan fingerprint density at radius 3 is 1.93 bits per heavy atom. The molecule has 0 N–H and O–H groups in total. The molecule has 1 saturated heterocycles. The van der Waals surface area contributed by atoms with Crippen LogP contribution in [0.1, 0.15) is 55.0 Å². The van der Waals surface area contributed by atoms with E-state index in [2.05, 4.69) is 23.7 Å². The normalized spacial score (nSPS) is 18.2. The van der Waals surface area contributed by atoms with Crippen molar-refractivity contribution >= 4 is 40.9 Å². The van der Waals surface area contributed by atoms with E-state index in [1.165, 1.54) is 24.3 Å². The summed E-state index contributed by atoms with van der Waals surface area (Å²) < 4.78 is 6.06. The fourth-order valence-corrected chi connectivity index (χ4v) is 6.73. The summed E-state index contributed by atoms with van der Waals surface area (Å²) in [5.41, 5.74) is 3.10. The molecule has 0 aromatic heterocycles. The van der Waals surface area contributed by atoms with Gasteiger partial charge in [0.25, 0.3) is 11.8 Å². The minimum absolute atomic E-state index is 0.146. The fourth-order valence-electron chi connectivity index (χ4n) is 6.73. The van der Waals surface area contributed by atoms with Crippen molar-refractivity contribution < 1.29 is 33.5 Å². The van der Waals surface area contributed by atoms with Gasteiger partial charge in [-0.3, -0.25) is 28.8 Å². The van der Waals surface area contributed by atoms with E-state index >= 15 is 0 Å². The molecular weight excluding hydrogens is 693 g/mol. The Morgan fingerprint density at radius 1 is 0.636 bits per heavy atom. The van der Waals surface area contributed by atoms with Gasteiger partial charge in [-0.05, 0) is 97.1 Å². The van der Waals surface area contributed by atoms with Gasteiger partial charge < -0.3 is 4.74 Å². The van der Waals surface area contributed by atoms with Crippen LogP contribution in [0.25, 0.3) is 0 Å². The highest BCUT2D eigenvalue weighted by atomic mass is 16.5. The highest BCUT2D eigenvalue weighted by Crippen LogP contribution is 2.37. The van der Waals surface area contributed by atoms with Gasteiger partial charge in [-0.1, -0.05) is 66.5 Å². The molecule has 4 amide bonds. The number of hydrogen-bond acceptors (Lipinski definition) is 7. The van der Waals surface area contributed by atoms with Gasteiger partial charge in [0, 0.05) is 34.4 Å². The second-order valence-electron chi connectivity index (χ2n) is 13.0. The quantitative estimate of drug-likeness (QED) is 0.129. The van der Waals surface area contributed by atoms with Crippen LogP contribution in [0, 0.1) is 35.5 Å². The lowest BCUT2D eigenvalue weighted by atomic mass is 9.86. The molecule has 9 nitrogen and oxygen atoms in total. The molecule has 4 aliphatic rings. The number of carbonyl (C=O) groups excluding carboxylic acids is 6. The second kappa shape index (κ2) is 14.4. The van der Waals surface area contributed by atoms with Crippen LogP contribution >= 0.6 is 0 Å². The number of nitrogens with zero attached hydrogens (tertiary/aromatic N) is 2. The molecule has 2 heterocycles. The van der Waals surface area contributed by atoms with Gasteiger partial charge in [0.15, 0.2) is 0 Å². The van der Waals surface area contributed by atoms with Crippen molar-refractivity contribution in [1.82, 2.24) is 4.90 Å². The first-order valence-electron chi connectivity index (χ1n) is 17.5. The van der Waals surface area contributed by atoms with E-state index in [-0.39, 0.29) is 22.3 Å². The number of ketones is 2. The van der Waals surface area contributed by atoms with Crippen LogP contribution in [0.5, 0.6) is 5.75 Å². The molecule has 55 heavy (non-hydrogen) atoms. The molecule has 1 fully saturated rings. The molecule has 0 bridgehead atoms. The second-order valence-corrected chi connectivity index (χ2v) is 13.0. The standard InChI is InChI=1S/C46H28N2O7/c49-41(25-11-29-7-3-1-4-8-29)31-13-23-37-39(27-31)45(53)47(43(37)51)33-15-19-35(20-16-33)55-36-21-17-34(18-22-36)48-44(52)38-24-14-32(28-40(38)46(48)54)42(50)26-12-30-9-5-2-6-10-30/h1-10,13-17,19-21,23-24,27-28,37,39H,18,22H2. The zero-order valence-corrected chi connectivity index (χ0v) is 29.0. The largest absolute Gasteiger partial charge is 0.462 e. The number of allylic oxidation sites excluding steroid dienone is 6. The molecule has 2 atom stereocenters. The molecule has 2 aliphatic heterocycles. The summed E-state index contributed by atoms with van der Waals surface area (Å²) >= 11 is 0. The van der Waals surface area contributed by atoms with E-state index in [0.717, 1.165) is 9.80 Å². The molecule has 2 aliphatic carbocycles. The lowest BCUT2D eigenvalue weighted by Crippen LogP contribution is -2.30. The molecule has 0 spiro atoms. The third-order valence-corrected chi connectivity index (χ3v) is 9.56. The van der Waals surface area contributed by atoms with Crippen LogP contribution in [0.4, 0.5) is 5.69 Å². The summed E-state index contributed by atoms with van der Waals surface area (Å²) in [6, 6.07) is 29.1. The highest BCUT2D eigenvalue weighted by Gasteiger charge is 2.47. The van der Waals surface area contributed by atoms with Crippen molar-refractivity contribution in [3.05, 3.63) is 178 Å². The lowest BCUT2D eigenvalue weighted by Gasteiger charge is -2.22. The van der Waals surface area contributed by atoms with E-state index in [4.69, 9.17) is 4.74 Å². The SMILES string of the molecule is O=C(C#Cc1ccccc1)C1=CC2C(=O)N(c3ccc(OC4=CC=C(N5C(=O)c6ccc(C(=O)C#Cc7ccccc7)cc6C5=O)CC4)cc3)C(=O)C2C=C1. The maximum Gasteiger partial charge on any atom is 0.265 e. The zero-order valence-electron chi connectivity index (χ0n) is 29.0. The van der Waals surface area contributed by atoms with E-state index in [1.807, 2.05) is 36.4 Å². The van der Waals surface area contributed by atoms with Crippen LogP contribution in [0.2, 0.25) is 0 Å². The Balaban J connectivity index is 0.913. The Kier molecular flexibility index (Phi) is 9.04. The average Bonchev–Trinajstić information content (AvgIpc) is 3.63. The minimum Gasteiger partial charge on any atom is -0.462 e. The Hall–Kier alpha value is -7.62. The van der Waals surface area contributed by atoms with Crippen LogP contribution in [-0.2, 0) is 14.4 Å². The van der Waals surface area contributed by atoms with Gasteiger partial charge >= 0.3 is 0 Å². The Bertz CT molecular complexity index is 2590. The fraction of sp³-hybridized carbons (Fsp3) is 0.0870. The highest BCUT2D eigenvalue weighted by molar-refractivity contribution is 6.25. The van der Waals surface area contributed by atoms with Crippen molar-refractivity contribution in [2.45, 2.75) is 12.8 Å². The maximum atomic E-state index is 13.4. The summed E-state index contributed by atoms with van der Waals surface area (Å²) in [5, 5.41) is 0. The van der Waals surface area contributed by atoms with E-state index in [9.17, 15) is 28.8 Å². The van der Waals surface area contributed by atoms with Crippen molar-refractivity contribution in [2.75, 3.05) is 4.90 Å².